The number of hydrogen-bond donors (Lipinski definition) is 2. The van der Waals surface area contributed by atoms with Gasteiger partial charge in [-0.3, -0.25) is 0 Å². The van der Waals surface area contributed by atoms with E-state index in [1.54, 1.807) is 12.1 Å². The van der Waals surface area contributed by atoms with Crippen molar-refractivity contribution in [2.75, 3.05) is 24.2 Å². The van der Waals surface area contributed by atoms with Crippen molar-refractivity contribution in [1.82, 2.24) is 4.98 Å². The van der Waals surface area contributed by atoms with Crippen LogP contribution in [0.3, 0.4) is 0 Å². The van der Waals surface area contributed by atoms with E-state index >= 15 is 0 Å². The summed E-state index contributed by atoms with van der Waals surface area (Å²) in [6.45, 7) is 7.32. The van der Waals surface area contributed by atoms with Crippen LogP contribution < -0.4 is 11.1 Å². The van der Waals surface area contributed by atoms with Gasteiger partial charge >= 0.3 is 0 Å². The van der Waals surface area contributed by atoms with Crippen LogP contribution in [0.4, 0.5) is 11.7 Å². The number of nitrogens with zero attached hydrogens (tertiary/aromatic N) is 1. The molecule has 18 heavy (non-hydrogen) atoms. The van der Waals surface area contributed by atoms with Crippen molar-refractivity contribution >= 4 is 22.8 Å². The molecule has 0 aliphatic heterocycles. The summed E-state index contributed by atoms with van der Waals surface area (Å²) in [4.78, 5) is 4.33. The molecule has 2 aromatic rings. The van der Waals surface area contributed by atoms with Crippen molar-refractivity contribution in [3.8, 4) is 0 Å². The van der Waals surface area contributed by atoms with Gasteiger partial charge in [-0.25, -0.2) is 0 Å². The number of rotatable bonds is 5. The number of benzene rings is 1. The molecule has 2 rings (SSSR count). The van der Waals surface area contributed by atoms with Gasteiger partial charge in [0.2, 0.25) is 0 Å². The SMILES string of the molecule is CCOC(C)(C)CNc1nc2ccc(N)cc2o1. The molecule has 3 N–H and O–H groups in total. The third kappa shape index (κ3) is 2.92. The van der Waals surface area contributed by atoms with E-state index in [9.17, 15) is 0 Å². The van der Waals surface area contributed by atoms with E-state index in [1.165, 1.54) is 0 Å². The Balaban J connectivity index is 2.08. The van der Waals surface area contributed by atoms with Gasteiger partial charge in [0, 0.05) is 24.9 Å². The zero-order valence-electron chi connectivity index (χ0n) is 11.0. The molecule has 0 spiro atoms. The van der Waals surface area contributed by atoms with Gasteiger partial charge in [-0.2, -0.15) is 4.98 Å². The summed E-state index contributed by atoms with van der Waals surface area (Å²) < 4.78 is 11.2. The molecule has 0 amide bonds. The van der Waals surface area contributed by atoms with Crippen molar-refractivity contribution in [2.24, 2.45) is 0 Å². The van der Waals surface area contributed by atoms with Crippen LogP contribution in [0.15, 0.2) is 22.6 Å². The number of nitrogens with one attached hydrogen (secondary N) is 1. The number of fused-ring (bicyclic) bond motifs is 1. The van der Waals surface area contributed by atoms with Crippen molar-refractivity contribution in [3.63, 3.8) is 0 Å². The number of nitrogen functional groups attached to an aromatic ring is 1. The molecule has 0 saturated carbocycles. The van der Waals surface area contributed by atoms with Crippen molar-refractivity contribution in [1.29, 1.82) is 0 Å². The lowest BCUT2D eigenvalue weighted by molar-refractivity contribution is 0.000371. The molecular weight excluding hydrogens is 230 g/mol. The zero-order valence-corrected chi connectivity index (χ0v) is 11.0. The van der Waals surface area contributed by atoms with Crippen LogP contribution in [0.2, 0.25) is 0 Å². The van der Waals surface area contributed by atoms with Crippen LogP contribution in [-0.2, 0) is 4.74 Å². The summed E-state index contributed by atoms with van der Waals surface area (Å²) in [6, 6.07) is 5.90. The van der Waals surface area contributed by atoms with Crippen LogP contribution in [0, 0.1) is 0 Å². The fourth-order valence-electron chi connectivity index (χ4n) is 1.75. The first-order valence-electron chi connectivity index (χ1n) is 6.04. The first-order chi connectivity index (χ1) is 8.50. The third-order valence-corrected chi connectivity index (χ3v) is 2.61. The van der Waals surface area contributed by atoms with E-state index in [4.69, 9.17) is 14.9 Å². The van der Waals surface area contributed by atoms with E-state index in [1.807, 2.05) is 26.8 Å². The van der Waals surface area contributed by atoms with Gasteiger partial charge in [0.15, 0.2) is 5.58 Å². The Morgan fingerprint density at radius 1 is 1.44 bits per heavy atom. The summed E-state index contributed by atoms with van der Waals surface area (Å²) in [5.41, 5.74) is 7.58. The van der Waals surface area contributed by atoms with Gasteiger partial charge in [-0.1, -0.05) is 0 Å². The molecule has 0 fully saturated rings. The Bertz CT molecular complexity index is 534. The van der Waals surface area contributed by atoms with Crippen molar-refractivity contribution in [3.05, 3.63) is 18.2 Å². The normalized spacial score (nSPS) is 11.9. The van der Waals surface area contributed by atoms with Gasteiger partial charge in [-0.15, -0.1) is 0 Å². The van der Waals surface area contributed by atoms with Crippen molar-refractivity contribution < 1.29 is 9.15 Å². The fraction of sp³-hybridized carbons (Fsp3) is 0.462. The standard InChI is InChI=1S/C13H19N3O2/c1-4-17-13(2,3)8-15-12-16-10-6-5-9(14)7-11(10)18-12/h5-7H,4,8,14H2,1-3H3,(H,15,16). The van der Waals surface area contributed by atoms with Crippen LogP contribution in [-0.4, -0.2) is 23.7 Å². The Morgan fingerprint density at radius 3 is 2.94 bits per heavy atom. The van der Waals surface area contributed by atoms with Gasteiger partial charge in [-0.05, 0) is 32.9 Å². The lowest BCUT2D eigenvalue weighted by Crippen LogP contribution is -2.33. The molecule has 1 aromatic carbocycles. The predicted octanol–water partition coefficient (Wildman–Crippen LogP) is 2.64. The minimum atomic E-state index is -0.256. The molecule has 0 bridgehead atoms. The molecule has 0 radical (unpaired) electrons. The molecule has 0 unspecified atom stereocenters. The number of nitrogens with two attached hydrogens (primary N) is 1. The van der Waals surface area contributed by atoms with Gasteiger partial charge in [0.1, 0.15) is 5.52 Å². The molecule has 0 aliphatic rings. The highest BCUT2D eigenvalue weighted by Gasteiger charge is 2.18. The van der Waals surface area contributed by atoms with E-state index < -0.39 is 0 Å². The molecule has 0 atom stereocenters. The smallest absolute Gasteiger partial charge is 0.295 e. The Hall–Kier alpha value is -1.75. The Morgan fingerprint density at radius 2 is 2.22 bits per heavy atom. The highest BCUT2D eigenvalue weighted by Crippen LogP contribution is 2.21. The molecule has 5 heteroatoms. The fourth-order valence-corrected chi connectivity index (χ4v) is 1.75. The lowest BCUT2D eigenvalue weighted by Gasteiger charge is -2.24. The maximum absolute atomic E-state index is 5.69. The predicted molar refractivity (Wildman–Crippen MR) is 72.6 cm³/mol. The third-order valence-electron chi connectivity index (χ3n) is 2.61. The second-order valence-corrected chi connectivity index (χ2v) is 4.79. The quantitative estimate of drug-likeness (QED) is 0.797. The van der Waals surface area contributed by atoms with E-state index in [0.717, 1.165) is 5.52 Å². The molecule has 5 nitrogen and oxygen atoms in total. The van der Waals surface area contributed by atoms with Crippen molar-refractivity contribution in [2.45, 2.75) is 26.4 Å². The van der Waals surface area contributed by atoms with E-state index in [2.05, 4.69) is 10.3 Å². The minimum Gasteiger partial charge on any atom is -0.423 e. The second kappa shape index (κ2) is 4.86. The van der Waals surface area contributed by atoms with Crippen LogP contribution >= 0.6 is 0 Å². The highest BCUT2D eigenvalue weighted by molar-refractivity contribution is 5.78. The number of hydrogen-bond acceptors (Lipinski definition) is 5. The van der Waals surface area contributed by atoms with Gasteiger partial charge < -0.3 is 20.2 Å². The Kier molecular flexibility index (Phi) is 3.43. The molecule has 1 heterocycles. The first kappa shape index (κ1) is 12.7. The van der Waals surface area contributed by atoms with Gasteiger partial charge in [0.05, 0.1) is 5.60 Å². The topological polar surface area (TPSA) is 73.3 Å². The first-order valence-corrected chi connectivity index (χ1v) is 6.04. The number of anilines is 2. The highest BCUT2D eigenvalue weighted by atomic mass is 16.5. The monoisotopic (exact) mass is 249 g/mol. The lowest BCUT2D eigenvalue weighted by atomic mass is 10.1. The zero-order chi connectivity index (χ0) is 13.2. The van der Waals surface area contributed by atoms with E-state index in [0.29, 0.717) is 30.4 Å². The largest absolute Gasteiger partial charge is 0.423 e. The maximum Gasteiger partial charge on any atom is 0.295 e. The van der Waals surface area contributed by atoms with Crippen LogP contribution in [0.25, 0.3) is 11.1 Å². The van der Waals surface area contributed by atoms with Crippen LogP contribution in [0.1, 0.15) is 20.8 Å². The molecule has 98 valence electrons. The number of aromatic nitrogens is 1. The summed E-state index contributed by atoms with van der Waals surface area (Å²) in [7, 11) is 0. The molecule has 1 aromatic heterocycles. The summed E-state index contributed by atoms with van der Waals surface area (Å²) in [5.74, 6) is 0. The number of ether oxygens (including phenoxy) is 1. The summed E-state index contributed by atoms with van der Waals surface area (Å²) >= 11 is 0. The van der Waals surface area contributed by atoms with Crippen LogP contribution in [0.5, 0.6) is 0 Å². The number of oxazole rings is 1. The molecule has 0 aliphatic carbocycles. The summed E-state index contributed by atoms with van der Waals surface area (Å²) in [5, 5.41) is 3.14. The molecular formula is C13H19N3O2. The summed E-state index contributed by atoms with van der Waals surface area (Å²) in [6.07, 6.45) is 0. The maximum atomic E-state index is 5.69. The van der Waals surface area contributed by atoms with E-state index in [-0.39, 0.29) is 5.60 Å². The average Bonchev–Trinajstić information content (AvgIpc) is 2.68. The second-order valence-electron chi connectivity index (χ2n) is 4.79. The van der Waals surface area contributed by atoms with Gasteiger partial charge in [0.25, 0.3) is 6.01 Å². The average molecular weight is 249 g/mol. The minimum absolute atomic E-state index is 0.256. The Labute approximate surface area is 106 Å². The molecule has 0 saturated heterocycles.